The average molecular weight is 319 g/mol. The minimum atomic E-state index is -2.49. The van der Waals surface area contributed by atoms with Gasteiger partial charge in [0.25, 0.3) is 6.43 Å². The number of alkyl halides is 2. The van der Waals surface area contributed by atoms with Crippen molar-refractivity contribution >= 4 is 15.9 Å². The summed E-state index contributed by atoms with van der Waals surface area (Å²) in [4.78, 5) is 0. The second kappa shape index (κ2) is 5.14. The van der Waals surface area contributed by atoms with Gasteiger partial charge in [0.2, 0.25) is 0 Å². The first kappa shape index (κ1) is 13.1. The second-order valence-electron chi connectivity index (χ2n) is 3.83. The van der Waals surface area contributed by atoms with Gasteiger partial charge in [0, 0.05) is 5.56 Å². The molecule has 96 valence electrons. The monoisotopic (exact) mass is 318 g/mol. The number of halogens is 4. The van der Waals surface area contributed by atoms with E-state index in [-0.39, 0.29) is 5.82 Å². The first-order valence-electron chi connectivity index (χ1n) is 5.26. The van der Waals surface area contributed by atoms with Crippen molar-refractivity contribution in [2.75, 3.05) is 0 Å². The standard InChI is InChI=1S/C12H10BrF3N2/c1-7-11(13)12(18(17-7)6-10(15)16)8-2-4-9(14)5-3-8/h2-5,10H,6H2,1H3. The van der Waals surface area contributed by atoms with Gasteiger partial charge in [-0.15, -0.1) is 0 Å². The molecule has 0 spiro atoms. The molecule has 18 heavy (non-hydrogen) atoms. The summed E-state index contributed by atoms with van der Waals surface area (Å²) in [7, 11) is 0. The van der Waals surface area contributed by atoms with Gasteiger partial charge in [-0.1, -0.05) is 0 Å². The smallest absolute Gasteiger partial charge is 0.257 e. The van der Waals surface area contributed by atoms with E-state index in [1.54, 1.807) is 19.1 Å². The zero-order valence-corrected chi connectivity index (χ0v) is 11.1. The maximum absolute atomic E-state index is 12.9. The van der Waals surface area contributed by atoms with Gasteiger partial charge >= 0.3 is 0 Å². The first-order chi connectivity index (χ1) is 8.49. The van der Waals surface area contributed by atoms with Crippen LogP contribution in [0.3, 0.4) is 0 Å². The fraction of sp³-hybridized carbons (Fsp3) is 0.250. The summed E-state index contributed by atoms with van der Waals surface area (Å²) in [5.41, 5.74) is 1.80. The number of hydrogen-bond acceptors (Lipinski definition) is 1. The van der Waals surface area contributed by atoms with Crippen LogP contribution in [0, 0.1) is 12.7 Å². The Morgan fingerprint density at radius 3 is 2.44 bits per heavy atom. The van der Waals surface area contributed by atoms with Gasteiger partial charge in [-0.05, 0) is 47.1 Å². The molecule has 0 amide bonds. The molecule has 6 heteroatoms. The summed E-state index contributed by atoms with van der Waals surface area (Å²) >= 11 is 3.32. The highest BCUT2D eigenvalue weighted by molar-refractivity contribution is 9.10. The van der Waals surface area contributed by atoms with E-state index in [0.29, 0.717) is 21.4 Å². The van der Waals surface area contributed by atoms with Crippen LogP contribution in [-0.4, -0.2) is 16.2 Å². The molecule has 0 radical (unpaired) electrons. The predicted octanol–water partition coefficient (Wildman–Crippen LogP) is 4.03. The zero-order chi connectivity index (χ0) is 13.3. The third-order valence-corrected chi connectivity index (χ3v) is 3.43. The molecule has 0 aliphatic carbocycles. The van der Waals surface area contributed by atoms with E-state index in [9.17, 15) is 13.2 Å². The van der Waals surface area contributed by atoms with E-state index in [1.807, 2.05) is 0 Å². The second-order valence-corrected chi connectivity index (χ2v) is 4.62. The van der Waals surface area contributed by atoms with Crippen LogP contribution in [0.4, 0.5) is 13.2 Å². The molecular formula is C12H10BrF3N2. The average Bonchev–Trinajstić information content (AvgIpc) is 2.55. The minimum Gasteiger partial charge on any atom is -0.258 e. The number of aryl methyl sites for hydroxylation is 1. The van der Waals surface area contributed by atoms with Crippen LogP contribution in [0.2, 0.25) is 0 Å². The molecule has 1 aromatic carbocycles. The third kappa shape index (κ3) is 2.58. The van der Waals surface area contributed by atoms with E-state index >= 15 is 0 Å². The molecule has 0 unspecified atom stereocenters. The van der Waals surface area contributed by atoms with Crippen LogP contribution < -0.4 is 0 Å². The number of nitrogens with zero attached hydrogens (tertiary/aromatic N) is 2. The van der Waals surface area contributed by atoms with Crippen molar-refractivity contribution in [1.29, 1.82) is 0 Å². The van der Waals surface area contributed by atoms with Gasteiger partial charge in [-0.2, -0.15) is 5.10 Å². The molecule has 0 saturated heterocycles. The van der Waals surface area contributed by atoms with E-state index < -0.39 is 13.0 Å². The summed E-state index contributed by atoms with van der Waals surface area (Å²) < 4.78 is 39.7. The van der Waals surface area contributed by atoms with Crippen LogP contribution in [0.15, 0.2) is 28.7 Å². The van der Waals surface area contributed by atoms with Gasteiger partial charge < -0.3 is 0 Å². The van der Waals surface area contributed by atoms with Crippen LogP contribution in [-0.2, 0) is 6.54 Å². The molecule has 1 heterocycles. The lowest BCUT2D eigenvalue weighted by Crippen LogP contribution is -2.09. The van der Waals surface area contributed by atoms with Crippen LogP contribution >= 0.6 is 15.9 Å². The van der Waals surface area contributed by atoms with E-state index in [1.165, 1.54) is 16.8 Å². The molecular weight excluding hydrogens is 309 g/mol. The summed E-state index contributed by atoms with van der Waals surface area (Å²) in [6, 6.07) is 5.66. The van der Waals surface area contributed by atoms with Crippen LogP contribution in [0.1, 0.15) is 5.69 Å². The van der Waals surface area contributed by atoms with Gasteiger partial charge in [0.15, 0.2) is 0 Å². The van der Waals surface area contributed by atoms with E-state index in [0.717, 1.165) is 0 Å². The number of hydrogen-bond donors (Lipinski definition) is 0. The lowest BCUT2D eigenvalue weighted by molar-refractivity contribution is 0.122. The highest BCUT2D eigenvalue weighted by Crippen LogP contribution is 2.31. The van der Waals surface area contributed by atoms with Gasteiger partial charge in [0.05, 0.1) is 15.9 Å². The molecule has 1 aromatic heterocycles. The molecule has 0 N–H and O–H groups in total. The SMILES string of the molecule is Cc1nn(CC(F)F)c(-c2ccc(F)cc2)c1Br. The molecule has 0 fully saturated rings. The molecule has 0 saturated carbocycles. The molecule has 2 aromatic rings. The summed E-state index contributed by atoms with van der Waals surface area (Å²) in [6.07, 6.45) is -2.49. The van der Waals surface area contributed by atoms with Crippen molar-refractivity contribution in [2.45, 2.75) is 19.9 Å². The summed E-state index contributed by atoms with van der Waals surface area (Å²) in [5.74, 6) is -0.369. The van der Waals surface area contributed by atoms with Crippen LogP contribution in [0.5, 0.6) is 0 Å². The Hall–Kier alpha value is -1.30. The molecule has 0 bridgehead atoms. The Morgan fingerprint density at radius 1 is 1.28 bits per heavy atom. The lowest BCUT2D eigenvalue weighted by atomic mass is 10.1. The summed E-state index contributed by atoms with van der Waals surface area (Å²) in [5, 5.41) is 4.05. The van der Waals surface area contributed by atoms with Crippen molar-refractivity contribution in [3.05, 3.63) is 40.2 Å². The predicted molar refractivity (Wildman–Crippen MR) is 66.1 cm³/mol. The fourth-order valence-corrected chi connectivity index (χ4v) is 2.22. The van der Waals surface area contributed by atoms with Crippen LogP contribution in [0.25, 0.3) is 11.3 Å². The Morgan fingerprint density at radius 2 is 1.89 bits per heavy atom. The number of rotatable bonds is 3. The fourth-order valence-electron chi connectivity index (χ4n) is 1.71. The maximum atomic E-state index is 12.9. The van der Waals surface area contributed by atoms with E-state index in [2.05, 4.69) is 21.0 Å². The molecule has 0 atom stereocenters. The Balaban J connectivity index is 2.51. The molecule has 0 aliphatic rings. The van der Waals surface area contributed by atoms with Crippen molar-refractivity contribution in [3.63, 3.8) is 0 Å². The van der Waals surface area contributed by atoms with E-state index in [4.69, 9.17) is 0 Å². The molecule has 2 rings (SSSR count). The quantitative estimate of drug-likeness (QED) is 0.835. The highest BCUT2D eigenvalue weighted by Gasteiger charge is 2.17. The minimum absolute atomic E-state index is 0.369. The normalized spacial score (nSPS) is 11.2. The van der Waals surface area contributed by atoms with Crippen molar-refractivity contribution < 1.29 is 13.2 Å². The van der Waals surface area contributed by atoms with Gasteiger partial charge in [-0.3, -0.25) is 4.68 Å². The van der Waals surface area contributed by atoms with Gasteiger partial charge in [-0.25, -0.2) is 13.2 Å². The topological polar surface area (TPSA) is 17.8 Å². The summed E-state index contributed by atoms with van der Waals surface area (Å²) in [6.45, 7) is 1.23. The Bertz CT molecular complexity index is 549. The molecule has 0 aliphatic heterocycles. The van der Waals surface area contributed by atoms with Gasteiger partial charge in [0.1, 0.15) is 12.4 Å². The zero-order valence-electron chi connectivity index (χ0n) is 9.50. The number of aromatic nitrogens is 2. The third-order valence-electron chi connectivity index (χ3n) is 2.48. The molecule has 2 nitrogen and oxygen atoms in total. The Labute approximate surface area is 111 Å². The first-order valence-corrected chi connectivity index (χ1v) is 6.05. The van der Waals surface area contributed by atoms with Crippen molar-refractivity contribution in [3.8, 4) is 11.3 Å². The Kier molecular flexibility index (Phi) is 3.75. The maximum Gasteiger partial charge on any atom is 0.257 e. The van der Waals surface area contributed by atoms with Crippen molar-refractivity contribution in [2.24, 2.45) is 0 Å². The van der Waals surface area contributed by atoms with Crippen molar-refractivity contribution in [1.82, 2.24) is 9.78 Å². The highest BCUT2D eigenvalue weighted by atomic mass is 79.9. The largest absolute Gasteiger partial charge is 0.258 e. The number of benzene rings is 1. The lowest BCUT2D eigenvalue weighted by Gasteiger charge is -2.07.